The molecule has 0 atom stereocenters. The van der Waals surface area contributed by atoms with E-state index < -0.39 is 5.60 Å². The van der Waals surface area contributed by atoms with Crippen molar-refractivity contribution >= 4 is 34.4 Å². The molecule has 2 fully saturated rings. The zero-order chi connectivity index (χ0) is 26.0. The van der Waals surface area contributed by atoms with E-state index in [2.05, 4.69) is 20.2 Å². The minimum Gasteiger partial charge on any atom is -0.496 e. The Labute approximate surface area is 218 Å². The number of ether oxygens (including phenoxy) is 2. The fourth-order valence-electron chi connectivity index (χ4n) is 5.18. The van der Waals surface area contributed by atoms with Crippen LogP contribution in [0.4, 0.5) is 22.2 Å². The maximum atomic E-state index is 12.3. The molecule has 1 aliphatic heterocycles. The number of methoxy groups -OCH3 is 1. The summed E-state index contributed by atoms with van der Waals surface area (Å²) in [5.41, 5.74) is 2.67. The Morgan fingerprint density at radius 1 is 1.00 bits per heavy atom. The summed E-state index contributed by atoms with van der Waals surface area (Å²) in [7, 11) is 1.73. The highest BCUT2D eigenvalue weighted by Crippen LogP contribution is 2.42. The normalized spacial score (nSPS) is 16.8. The Morgan fingerprint density at radius 3 is 2.41 bits per heavy atom. The van der Waals surface area contributed by atoms with Gasteiger partial charge in [0.15, 0.2) is 0 Å². The third-order valence-corrected chi connectivity index (χ3v) is 7.02. The number of rotatable bonds is 5. The number of piperazine rings is 1. The van der Waals surface area contributed by atoms with Gasteiger partial charge in [0.2, 0.25) is 5.95 Å². The zero-order valence-corrected chi connectivity index (χ0v) is 22.2. The molecule has 1 aromatic carbocycles. The summed E-state index contributed by atoms with van der Waals surface area (Å²) < 4.78 is 11.2. The predicted octanol–water partition coefficient (Wildman–Crippen LogP) is 5.49. The number of anilines is 3. The standard InChI is InChI=1S/C28H36N6O3/c1-28(2,3)37-27(35)34-15-13-33(14-16-34)21-10-12-23(29-18-21)31-26-30-17-20-9-11-22(36-4)24(25(20)32-26)19-7-5-6-8-19/h9-12,17-19H,5-8,13-16H2,1-4H3,(H,29,30,31,32). The van der Waals surface area contributed by atoms with Crippen LogP contribution in [-0.2, 0) is 4.74 Å². The minimum atomic E-state index is -0.486. The first-order valence-electron chi connectivity index (χ1n) is 13.1. The van der Waals surface area contributed by atoms with Crippen molar-refractivity contribution in [2.75, 3.05) is 43.5 Å². The maximum absolute atomic E-state index is 12.3. The number of hydrogen-bond donors (Lipinski definition) is 1. The topological polar surface area (TPSA) is 92.7 Å². The van der Waals surface area contributed by atoms with Crippen molar-refractivity contribution in [1.82, 2.24) is 19.9 Å². The Bertz CT molecular complexity index is 1240. The Hall–Kier alpha value is -3.62. The molecule has 2 aliphatic rings. The van der Waals surface area contributed by atoms with Crippen LogP contribution in [0.25, 0.3) is 10.9 Å². The number of pyridine rings is 1. The van der Waals surface area contributed by atoms with Gasteiger partial charge in [0, 0.05) is 43.3 Å². The van der Waals surface area contributed by atoms with Crippen molar-refractivity contribution in [1.29, 1.82) is 0 Å². The van der Waals surface area contributed by atoms with Crippen molar-refractivity contribution in [3.8, 4) is 5.75 Å². The summed E-state index contributed by atoms with van der Waals surface area (Å²) in [5, 5.41) is 4.28. The molecule has 3 aromatic rings. The highest BCUT2D eigenvalue weighted by molar-refractivity contribution is 5.85. The van der Waals surface area contributed by atoms with Crippen molar-refractivity contribution in [2.45, 2.75) is 58.0 Å². The lowest BCUT2D eigenvalue weighted by atomic mass is 9.94. The van der Waals surface area contributed by atoms with Crippen LogP contribution in [0, 0.1) is 0 Å². The number of carbonyl (C=O) groups excluding carboxylic acids is 1. The molecule has 0 unspecified atom stereocenters. The number of hydrogen-bond acceptors (Lipinski definition) is 8. The van der Waals surface area contributed by atoms with Crippen molar-refractivity contribution < 1.29 is 14.3 Å². The highest BCUT2D eigenvalue weighted by atomic mass is 16.6. The third-order valence-electron chi connectivity index (χ3n) is 7.02. The van der Waals surface area contributed by atoms with Crippen LogP contribution < -0.4 is 15.0 Å². The molecule has 3 heterocycles. The molecule has 1 saturated heterocycles. The summed E-state index contributed by atoms with van der Waals surface area (Å²) in [6.07, 6.45) is 8.27. The van der Waals surface area contributed by atoms with E-state index >= 15 is 0 Å². The van der Waals surface area contributed by atoms with Crippen LogP contribution in [0.3, 0.4) is 0 Å². The lowest BCUT2D eigenvalue weighted by molar-refractivity contribution is 0.0240. The van der Waals surface area contributed by atoms with Crippen LogP contribution in [0.1, 0.15) is 57.9 Å². The van der Waals surface area contributed by atoms with E-state index in [0.29, 0.717) is 30.8 Å². The molecular weight excluding hydrogens is 468 g/mol. The van der Waals surface area contributed by atoms with Gasteiger partial charge in [-0.05, 0) is 63.8 Å². The first-order chi connectivity index (χ1) is 17.8. The van der Waals surface area contributed by atoms with E-state index in [1.807, 2.05) is 57.4 Å². The molecule has 9 nitrogen and oxygen atoms in total. The monoisotopic (exact) mass is 504 g/mol. The number of aromatic nitrogens is 3. The van der Waals surface area contributed by atoms with E-state index in [9.17, 15) is 4.79 Å². The third kappa shape index (κ3) is 5.70. The summed E-state index contributed by atoms with van der Waals surface area (Å²) in [5.74, 6) is 2.57. The molecular formula is C28H36N6O3. The van der Waals surface area contributed by atoms with Gasteiger partial charge in [-0.15, -0.1) is 0 Å². The molecule has 9 heteroatoms. The van der Waals surface area contributed by atoms with E-state index in [4.69, 9.17) is 14.5 Å². The van der Waals surface area contributed by atoms with Crippen molar-refractivity contribution in [3.05, 3.63) is 42.2 Å². The van der Waals surface area contributed by atoms with E-state index in [-0.39, 0.29) is 6.09 Å². The number of carbonyl (C=O) groups is 1. The van der Waals surface area contributed by atoms with Crippen LogP contribution >= 0.6 is 0 Å². The largest absolute Gasteiger partial charge is 0.496 e. The Morgan fingerprint density at radius 2 is 1.76 bits per heavy atom. The number of nitrogens with one attached hydrogen (secondary N) is 1. The van der Waals surface area contributed by atoms with Gasteiger partial charge in [-0.1, -0.05) is 12.8 Å². The number of nitrogens with zero attached hydrogens (tertiary/aromatic N) is 5. The molecule has 37 heavy (non-hydrogen) atoms. The fraction of sp³-hybridized carbons (Fsp3) is 0.500. The summed E-state index contributed by atoms with van der Waals surface area (Å²) in [6, 6.07) is 8.02. The number of amides is 1. The van der Waals surface area contributed by atoms with Gasteiger partial charge in [-0.2, -0.15) is 0 Å². The number of fused-ring (bicyclic) bond motifs is 1. The minimum absolute atomic E-state index is 0.256. The molecule has 1 N–H and O–H groups in total. The van der Waals surface area contributed by atoms with Gasteiger partial charge in [0.05, 0.1) is 24.5 Å². The average Bonchev–Trinajstić information content (AvgIpc) is 3.42. The smallest absolute Gasteiger partial charge is 0.410 e. The summed E-state index contributed by atoms with van der Waals surface area (Å²) >= 11 is 0. The molecule has 0 radical (unpaired) electrons. The van der Waals surface area contributed by atoms with Gasteiger partial charge in [-0.25, -0.2) is 19.7 Å². The molecule has 0 bridgehead atoms. The quantitative estimate of drug-likeness (QED) is 0.488. The molecule has 5 rings (SSSR count). The summed E-state index contributed by atoms with van der Waals surface area (Å²) in [6.45, 7) is 8.35. The van der Waals surface area contributed by atoms with Gasteiger partial charge in [0.25, 0.3) is 0 Å². The Balaban J connectivity index is 1.26. The average molecular weight is 505 g/mol. The zero-order valence-electron chi connectivity index (χ0n) is 22.2. The first-order valence-corrected chi connectivity index (χ1v) is 13.1. The molecule has 1 aliphatic carbocycles. The van der Waals surface area contributed by atoms with Gasteiger partial charge in [-0.3, -0.25) is 0 Å². The molecule has 1 saturated carbocycles. The Kier molecular flexibility index (Phi) is 7.04. The van der Waals surface area contributed by atoms with E-state index in [1.165, 1.54) is 18.4 Å². The van der Waals surface area contributed by atoms with Gasteiger partial charge >= 0.3 is 6.09 Å². The number of benzene rings is 1. The van der Waals surface area contributed by atoms with Crippen LogP contribution in [0.15, 0.2) is 36.7 Å². The molecule has 196 valence electrons. The van der Waals surface area contributed by atoms with E-state index in [1.54, 1.807) is 12.0 Å². The highest BCUT2D eigenvalue weighted by Gasteiger charge is 2.26. The molecule has 0 spiro atoms. The van der Waals surface area contributed by atoms with Gasteiger partial charge < -0.3 is 24.6 Å². The second-order valence-electron chi connectivity index (χ2n) is 10.8. The lowest BCUT2D eigenvalue weighted by Gasteiger charge is -2.36. The van der Waals surface area contributed by atoms with Gasteiger partial charge in [0.1, 0.15) is 17.2 Å². The van der Waals surface area contributed by atoms with E-state index in [0.717, 1.165) is 48.3 Å². The van der Waals surface area contributed by atoms with Crippen molar-refractivity contribution in [3.63, 3.8) is 0 Å². The second kappa shape index (κ2) is 10.4. The second-order valence-corrected chi connectivity index (χ2v) is 10.8. The fourth-order valence-corrected chi connectivity index (χ4v) is 5.18. The SMILES string of the molecule is COc1ccc2cnc(Nc3ccc(N4CCN(C(=O)OC(C)(C)C)CC4)cn3)nc2c1C1CCCC1. The van der Waals surface area contributed by atoms with Crippen LogP contribution in [-0.4, -0.2) is 64.8 Å². The van der Waals surface area contributed by atoms with Crippen molar-refractivity contribution in [2.24, 2.45) is 0 Å². The maximum Gasteiger partial charge on any atom is 0.410 e. The first kappa shape index (κ1) is 25.0. The summed E-state index contributed by atoms with van der Waals surface area (Å²) in [4.78, 5) is 30.3. The lowest BCUT2D eigenvalue weighted by Crippen LogP contribution is -2.50. The molecule has 1 amide bonds. The molecule has 2 aromatic heterocycles. The van der Waals surface area contributed by atoms with Crippen LogP contribution in [0.2, 0.25) is 0 Å². The predicted molar refractivity (Wildman–Crippen MR) is 145 cm³/mol. The van der Waals surface area contributed by atoms with Crippen LogP contribution in [0.5, 0.6) is 5.75 Å².